The molecule has 0 radical (unpaired) electrons. The fourth-order valence-corrected chi connectivity index (χ4v) is 2.08. The minimum Gasteiger partial charge on any atom is -0.409 e. The molecule has 5 heteroatoms. The summed E-state index contributed by atoms with van der Waals surface area (Å²) in [5.74, 6) is -0.983. The molecule has 0 aromatic heterocycles. The van der Waals surface area contributed by atoms with Gasteiger partial charge in [-0.3, -0.25) is 4.79 Å². The van der Waals surface area contributed by atoms with E-state index in [4.69, 9.17) is 10.9 Å². The largest absolute Gasteiger partial charge is 0.409 e. The molecule has 0 spiro atoms. The first kappa shape index (κ1) is 15.0. The van der Waals surface area contributed by atoms with Crippen LogP contribution in [0.2, 0.25) is 0 Å². The molecule has 0 saturated carbocycles. The van der Waals surface area contributed by atoms with Crippen LogP contribution in [0.3, 0.4) is 0 Å². The van der Waals surface area contributed by atoms with Crippen LogP contribution in [0.1, 0.15) is 32.3 Å². The third-order valence-corrected chi connectivity index (χ3v) is 3.04. The van der Waals surface area contributed by atoms with E-state index in [0.717, 1.165) is 5.56 Å². The number of benzene rings is 1. The van der Waals surface area contributed by atoms with Crippen LogP contribution in [0.25, 0.3) is 0 Å². The van der Waals surface area contributed by atoms with E-state index in [1.165, 1.54) is 0 Å². The number of carbonyl (C=O) groups is 1. The molecule has 5 nitrogen and oxygen atoms in total. The Morgan fingerprint density at radius 3 is 2.37 bits per heavy atom. The minimum absolute atomic E-state index is 0.0650. The lowest BCUT2D eigenvalue weighted by Crippen LogP contribution is -2.43. The number of oxime groups is 1. The molecule has 19 heavy (non-hydrogen) atoms. The average Bonchev–Trinajstić information content (AvgIpc) is 2.40. The SMILES string of the molecule is CCN(C(=O)C(C(N)=NO)c1ccccc1)C(C)C. The molecule has 0 aliphatic heterocycles. The van der Waals surface area contributed by atoms with E-state index < -0.39 is 5.92 Å². The number of rotatable bonds is 5. The van der Waals surface area contributed by atoms with Crippen molar-refractivity contribution in [3.8, 4) is 0 Å². The van der Waals surface area contributed by atoms with E-state index in [1.807, 2.05) is 39.0 Å². The third-order valence-electron chi connectivity index (χ3n) is 3.04. The molecule has 1 atom stereocenters. The summed E-state index contributed by atoms with van der Waals surface area (Å²) >= 11 is 0. The maximum atomic E-state index is 12.6. The Labute approximate surface area is 113 Å². The van der Waals surface area contributed by atoms with Gasteiger partial charge in [0.1, 0.15) is 5.92 Å². The van der Waals surface area contributed by atoms with E-state index in [-0.39, 0.29) is 17.8 Å². The van der Waals surface area contributed by atoms with Crippen molar-refractivity contribution in [2.75, 3.05) is 6.54 Å². The number of carbonyl (C=O) groups excluding carboxylic acids is 1. The number of nitrogens with two attached hydrogens (primary N) is 1. The van der Waals surface area contributed by atoms with Crippen LogP contribution in [0.5, 0.6) is 0 Å². The Balaban J connectivity index is 3.16. The van der Waals surface area contributed by atoms with Crippen molar-refractivity contribution >= 4 is 11.7 Å². The monoisotopic (exact) mass is 263 g/mol. The summed E-state index contributed by atoms with van der Waals surface area (Å²) in [4.78, 5) is 14.3. The number of likely N-dealkylation sites (N-methyl/N-ethyl adjacent to an activating group) is 1. The molecular formula is C14H21N3O2. The predicted octanol–water partition coefficient (Wildman–Crippen LogP) is 1.77. The predicted molar refractivity (Wildman–Crippen MR) is 75.1 cm³/mol. The van der Waals surface area contributed by atoms with Gasteiger partial charge in [0.25, 0.3) is 0 Å². The van der Waals surface area contributed by atoms with Gasteiger partial charge >= 0.3 is 0 Å². The Morgan fingerprint density at radius 1 is 1.37 bits per heavy atom. The Hall–Kier alpha value is -2.04. The highest BCUT2D eigenvalue weighted by Gasteiger charge is 2.30. The fourth-order valence-electron chi connectivity index (χ4n) is 2.08. The molecule has 1 aromatic carbocycles. The van der Waals surface area contributed by atoms with Crippen molar-refractivity contribution in [1.82, 2.24) is 4.90 Å². The smallest absolute Gasteiger partial charge is 0.238 e. The van der Waals surface area contributed by atoms with E-state index in [9.17, 15) is 4.79 Å². The summed E-state index contributed by atoms with van der Waals surface area (Å²) in [5, 5.41) is 11.9. The van der Waals surface area contributed by atoms with Crippen molar-refractivity contribution in [3.05, 3.63) is 35.9 Å². The van der Waals surface area contributed by atoms with Crippen LogP contribution in [0.15, 0.2) is 35.5 Å². The van der Waals surface area contributed by atoms with Gasteiger partial charge in [-0.15, -0.1) is 0 Å². The molecule has 3 N–H and O–H groups in total. The molecule has 0 aliphatic rings. The summed E-state index contributed by atoms with van der Waals surface area (Å²) in [6, 6.07) is 9.17. The minimum atomic E-state index is -0.742. The second-order valence-electron chi connectivity index (χ2n) is 4.59. The molecule has 1 aromatic rings. The second-order valence-corrected chi connectivity index (χ2v) is 4.59. The molecule has 0 heterocycles. The van der Waals surface area contributed by atoms with Crippen molar-refractivity contribution in [2.24, 2.45) is 10.9 Å². The van der Waals surface area contributed by atoms with Gasteiger partial charge in [0.05, 0.1) is 0 Å². The van der Waals surface area contributed by atoms with E-state index in [2.05, 4.69) is 5.16 Å². The molecule has 1 rings (SSSR count). The third kappa shape index (κ3) is 3.47. The van der Waals surface area contributed by atoms with E-state index >= 15 is 0 Å². The highest BCUT2D eigenvalue weighted by molar-refractivity contribution is 6.07. The molecule has 0 aliphatic carbocycles. The van der Waals surface area contributed by atoms with Crippen molar-refractivity contribution in [3.63, 3.8) is 0 Å². The Morgan fingerprint density at radius 2 is 1.95 bits per heavy atom. The number of hydrogen-bond acceptors (Lipinski definition) is 3. The van der Waals surface area contributed by atoms with Gasteiger partial charge in [-0.25, -0.2) is 0 Å². The highest BCUT2D eigenvalue weighted by Crippen LogP contribution is 2.20. The summed E-state index contributed by atoms with van der Waals surface area (Å²) in [6.45, 7) is 6.37. The molecular weight excluding hydrogens is 242 g/mol. The lowest BCUT2D eigenvalue weighted by atomic mass is 9.96. The second kappa shape index (κ2) is 6.78. The van der Waals surface area contributed by atoms with Crippen molar-refractivity contribution in [2.45, 2.75) is 32.7 Å². The molecule has 1 amide bonds. The normalized spacial score (nSPS) is 13.4. The number of amides is 1. The van der Waals surface area contributed by atoms with Crippen LogP contribution in [0.4, 0.5) is 0 Å². The standard InChI is InChI=1S/C14H21N3O2/c1-4-17(10(2)3)14(18)12(13(15)16-19)11-8-6-5-7-9-11/h5-10,12,19H,4H2,1-3H3,(H2,15,16). The maximum absolute atomic E-state index is 12.6. The van der Waals surface area contributed by atoms with Crippen LogP contribution >= 0.6 is 0 Å². The average molecular weight is 263 g/mol. The van der Waals surface area contributed by atoms with Gasteiger partial charge in [-0.05, 0) is 26.3 Å². The molecule has 0 fully saturated rings. The summed E-state index contributed by atoms with van der Waals surface area (Å²) in [6.07, 6.45) is 0. The van der Waals surface area contributed by atoms with Crippen LogP contribution in [-0.4, -0.2) is 34.4 Å². The maximum Gasteiger partial charge on any atom is 0.238 e. The first-order valence-electron chi connectivity index (χ1n) is 6.35. The Bertz CT molecular complexity index is 443. The first-order valence-corrected chi connectivity index (χ1v) is 6.35. The van der Waals surface area contributed by atoms with Crippen LogP contribution in [-0.2, 0) is 4.79 Å². The number of amidine groups is 1. The van der Waals surface area contributed by atoms with Crippen molar-refractivity contribution in [1.29, 1.82) is 0 Å². The highest BCUT2D eigenvalue weighted by atomic mass is 16.4. The zero-order valence-corrected chi connectivity index (χ0v) is 11.6. The van der Waals surface area contributed by atoms with Gasteiger partial charge in [-0.1, -0.05) is 35.5 Å². The van der Waals surface area contributed by atoms with Gasteiger partial charge in [-0.2, -0.15) is 0 Å². The van der Waals surface area contributed by atoms with Gasteiger partial charge < -0.3 is 15.8 Å². The zero-order valence-electron chi connectivity index (χ0n) is 11.6. The summed E-state index contributed by atoms with van der Waals surface area (Å²) in [7, 11) is 0. The van der Waals surface area contributed by atoms with E-state index in [1.54, 1.807) is 17.0 Å². The molecule has 0 saturated heterocycles. The van der Waals surface area contributed by atoms with Gasteiger partial charge in [0, 0.05) is 12.6 Å². The fraction of sp³-hybridized carbons (Fsp3) is 0.429. The van der Waals surface area contributed by atoms with Crippen LogP contribution < -0.4 is 5.73 Å². The lowest BCUT2D eigenvalue weighted by Gasteiger charge is -2.29. The topological polar surface area (TPSA) is 78.9 Å². The van der Waals surface area contributed by atoms with Crippen LogP contribution in [0, 0.1) is 0 Å². The van der Waals surface area contributed by atoms with Gasteiger partial charge in [0.15, 0.2) is 5.84 Å². The van der Waals surface area contributed by atoms with Gasteiger partial charge in [0.2, 0.25) is 5.91 Å². The van der Waals surface area contributed by atoms with Crippen molar-refractivity contribution < 1.29 is 10.0 Å². The summed E-state index contributed by atoms with van der Waals surface area (Å²) < 4.78 is 0. The first-order chi connectivity index (χ1) is 9.02. The molecule has 0 bridgehead atoms. The number of nitrogens with zero attached hydrogens (tertiary/aromatic N) is 2. The lowest BCUT2D eigenvalue weighted by molar-refractivity contribution is -0.132. The van der Waals surface area contributed by atoms with E-state index in [0.29, 0.717) is 6.54 Å². The Kier molecular flexibility index (Phi) is 5.36. The summed E-state index contributed by atoms with van der Waals surface area (Å²) in [5.41, 5.74) is 6.42. The zero-order chi connectivity index (χ0) is 14.4. The quantitative estimate of drug-likeness (QED) is 0.368. The number of hydrogen-bond donors (Lipinski definition) is 2. The molecule has 104 valence electrons. The molecule has 1 unspecified atom stereocenters.